The van der Waals surface area contributed by atoms with Gasteiger partial charge in [0, 0.05) is 65.6 Å². The van der Waals surface area contributed by atoms with E-state index in [0.29, 0.717) is 6.04 Å². The second kappa shape index (κ2) is 14.2. The lowest BCUT2D eigenvalue weighted by Gasteiger charge is -2.36. The molecule has 1 saturated heterocycles. The zero-order valence-electron chi connectivity index (χ0n) is 15.3. The monoisotopic (exact) mass is 441 g/mol. The summed E-state index contributed by atoms with van der Waals surface area (Å²) in [7, 11) is 4.02. The number of nitrogens with one attached hydrogen (secondary N) is 2. The highest BCUT2D eigenvalue weighted by Crippen LogP contribution is 2.03. The molecule has 0 radical (unpaired) electrons. The maximum Gasteiger partial charge on any atom is 0.191 e. The Morgan fingerprint density at radius 1 is 1.17 bits per heavy atom. The lowest BCUT2D eigenvalue weighted by atomic mass is 10.2. The van der Waals surface area contributed by atoms with Gasteiger partial charge in [-0.05, 0) is 33.7 Å². The van der Waals surface area contributed by atoms with Crippen LogP contribution in [0.3, 0.4) is 0 Å². The average Bonchev–Trinajstić information content (AvgIpc) is 2.54. The average molecular weight is 441 g/mol. The maximum atomic E-state index is 5.34. The number of hydrogen-bond acceptors (Lipinski definition) is 4. The third-order valence-corrected chi connectivity index (χ3v) is 4.16. The number of rotatable bonds is 9. The zero-order valence-corrected chi connectivity index (χ0v) is 17.6. The summed E-state index contributed by atoms with van der Waals surface area (Å²) in [5, 5.41) is 6.80. The molecule has 1 rings (SSSR count). The fraction of sp³-hybridized carbons (Fsp3) is 0.938. The number of unbranched alkanes of at least 4 members (excludes halogenated alkanes) is 1. The van der Waals surface area contributed by atoms with Crippen molar-refractivity contribution < 1.29 is 4.74 Å². The molecule has 23 heavy (non-hydrogen) atoms. The van der Waals surface area contributed by atoms with E-state index >= 15 is 0 Å². The highest BCUT2D eigenvalue weighted by atomic mass is 127. The Hall–Kier alpha value is -0.120. The molecule has 0 bridgehead atoms. The van der Waals surface area contributed by atoms with Crippen molar-refractivity contribution in [1.82, 2.24) is 20.4 Å². The standard InChI is InChI=1S/C16H35N5O.HI/c1-5-22-13-7-6-8-18-16(17-3)19-14-15(2)21-11-9-20(4)10-12-21;/h15H,5-14H2,1-4H3,(H2,17,18,19);1H. The number of likely N-dealkylation sites (N-methyl/N-ethyl adjacent to an activating group) is 1. The number of nitrogens with zero attached hydrogens (tertiary/aromatic N) is 3. The molecule has 0 saturated carbocycles. The summed E-state index contributed by atoms with van der Waals surface area (Å²) < 4.78 is 5.34. The molecule has 0 amide bonds. The van der Waals surface area contributed by atoms with Gasteiger partial charge in [-0.2, -0.15) is 0 Å². The van der Waals surface area contributed by atoms with E-state index in [2.05, 4.69) is 39.4 Å². The Balaban J connectivity index is 0.00000484. The summed E-state index contributed by atoms with van der Waals surface area (Å²) in [6.07, 6.45) is 2.20. The quantitative estimate of drug-likeness (QED) is 0.244. The van der Waals surface area contributed by atoms with Gasteiger partial charge in [0.05, 0.1) is 0 Å². The van der Waals surface area contributed by atoms with Crippen LogP contribution in [-0.4, -0.2) is 88.4 Å². The van der Waals surface area contributed by atoms with Gasteiger partial charge in [-0.3, -0.25) is 9.89 Å². The molecule has 0 spiro atoms. The number of piperazine rings is 1. The van der Waals surface area contributed by atoms with Gasteiger partial charge in [-0.1, -0.05) is 0 Å². The number of ether oxygens (including phenoxy) is 1. The fourth-order valence-corrected chi connectivity index (χ4v) is 2.54. The molecule has 2 N–H and O–H groups in total. The van der Waals surface area contributed by atoms with E-state index in [1.807, 2.05) is 14.0 Å². The van der Waals surface area contributed by atoms with Crippen LogP contribution in [-0.2, 0) is 4.74 Å². The first-order valence-electron chi connectivity index (χ1n) is 8.62. The first-order chi connectivity index (χ1) is 10.7. The predicted octanol–water partition coefficient (Wildman–Crippen LogP) is 1.22. The van der Waals surface area contributed by atoms with Crippen LogP contribution in [0.4, 0.5) is 0 Å². The molecule has 1 unspecified atom stereocenters. The lowest BCUT2D eigenvalue weighted by Crippen LogP contribution is -2.52. The predicted molar refractivity (Wildman–Crippen MR) is 109 cm³/mol. The topological polar surface area (TPSA) is 52.1 Å². The van der Waals surface area contributed by atoms with Crippen LogP contribution < -0.4 is 10.6 Å². The van der Waals surface area contributed by atoms with Gasteiger partial charge in [0.1, 0.15) is 0 Å². The van der Waals surface area contributed by atoms with Crippen LogP contribution in [0.1, 0.15) is 26.7 Å². The molecule has 1 aliphatic rings. The fourth-order valence-electron chi connectivity index (χ4n) is 2.54. The van der Waals surface area contributed by atoms with Gasteiger partial charge in [-0.25, -0.2) is 0 Å². The van der Waals surface area contributed by atoms with Crippen LogP contribution in [0.5, 0.6) is 0 Å². The third-order valence-electron chi connectivity index (χ3n) is 4.16. The van der Waals surface area contributed by atoms with Crippen molar-refractivity contribution >= 4 is 29.9 Å². The minimum atomic E-state index is 0. The second-order valence-corrected chi connectivity index (χ2v) is 5.97. The second-order valence-electron chi connectivity index (χ2n) is 5.97. The number of halogens is 1. The van der Waals surface area contributed by atoms with Crippen molar-refractivity contribution in [3.8, 4) is 0 Å². The molecule has 0 aliphatic carbocycles. The molecule has 0 aromatic heterocycles. The number of aliphatic imine (C=N–C) groups is 1. The zero-order chi connectivity index (χ0) is 16.2. The molecule has 0 aromatic carbocycles. The third kappa shape index (κ3) is 10.4. The Labute approximate surface area is 159 Å². The smallest absolute Gasteiger partial charge is 0.191 e. The Morgan fingerprint density at radius 2 is 1.87 bits per heavy atom. The van der Waals surface area contributed by atoms with E-state index in [4.69, 9.17) is 4.74 Å². The van der Waals surface area contributed by atoms with Crippen molar-refractivity contribution in [2.45, 2.75) is 32.7 Å². The van der Waals surface area contributed by atoms with E-state index in [-0.39, 0.29) is 24.0 Å². The SMILES string of the molecule is CCOCCCCNC(=NC)NCC(C)N1CCN(C)CC1.I. The van der Waals surface area contributed by atoms with E-state index in [0.717, 1.165) is 71.3 Å². The van der Waals surface area contributed by atoms with Crippen molar-refractivity contribution in [1.29, 1.82) is 0 Å². The molecule has 0 aromatic rings. The summed E-state index contributed by atoms with van der Waals surface area (Å²) in [6, 6.07) is 0.533. The Morgan fingerprint density at radius 3 is 2.48 bits per heavy atom. The van der Waals surface area contributed by atoms with Crippen molar-refractivity contribution in [2.75, 3.05) is 66.6 Å². The van der Waals surface area contributed by atoms with Crippen LogP contribution in [0.2, 0.25) is 0 Å². The van der Waals surface area contributed by atoms with Crippen molar-refractivity contribution in [2.24, 2.45) is 4.99 Å². The summed E-state index contributed by atoms with van der Waals surface area (Å²) in [5.74, 6) is 0.900. The summed E-state index contributed by atoms with van der Waals surface area (Å²) >= 11 is 0. The Kier molecular flexibility index (Phi) is 14.2. The maximum absolute atomic E-state index is 5.34. The van der Waals surface area contributed by atoms with E-state index in [1.54, 1.807) is 0 Å². The lowest BCUT2D eigenvalue weighted by molar-refractivity contribution is 0.120. The first kappa shape index (κ1) is 22.9. The van der Waals surface area contributed by atoms with Crippen LogP contribution in [0.15, 0.2) is 4.99 Å². The summed E-state index contributed by atoms with van der Waals surface area (Å²) in [6.45, 7) is 12.5. The molecule has 6 nitrogen and oxygen atoms in total. The summed E-state index contributed by atoms with van der Waals surface area (Å²) in [5.41, 5.74) is 0. The minimum Gasteiger partial charge on any atom is -0.382 e. The molecular weight excluding hydrogens is 405 g/mol. The van der Waals surface area contributed by atoms with Gasteiger partial charge >= 0.3 is 0 Å². The molecular formula is C16H36IN5O. The van der Waals surface area contributed by atoms with E-state index < -0.39 is 0 Å². The van der Waals surface area contributed by atoms with Crippen molar-refractivity contribution in [3.63, 3.8) is 0 Å². The molecule has 1 fully saturated rings. The molecule has 1 heterocycles. The molecule has 1 aliphatic heterocycles. The van der Waals surface area contributed by atoms with Gasteiger partial charge < -0.3 is 20.3 Å². The van der Waals surface area contributed by atoms with Crippen LogP contribution in [0.25, 0.3) is 0 Å². The molecule has 138 valence electrons. The Bertz CT molecular complexity index is 309. The van der Waals surface area contributed by atoms with E-state index in [1.165, 1.54) is 0 Å². The minimum absolute atomic E-state index is 0. The first-order valence-corrected chi connectivity index (χ1v) is 8.62. The van der Waals surface area contributed by atoms with Crippen LogP contribution in [0, 0.1) is 0 Å². The largest absolute Gasteiger partial charge is 0.382 e. The van der Waals surface area contributed by atoms with Crippen LogP contribution >= 0.6 is 24.0 Å². The highest BCUT2D eigenvalue weighted by Gasteiger charge is 2.18. The van der Waals surface area contributed by atoms with Gasteiger partial charge in [-0.15, -0.1) is 24.0 Å². The number of guanidine groups is 1. The van der Waals surface area contributed by atoms with Gasteiger partial charge in [0.15, 0.2) is 5.96 Å². The summed E-state index contributed by atoms with van der Waals surface area (Å²) in [4.78, 5) is 9.22. The highest BCUT2D eigenvalue weighted by molar-refractivity contribution is 14.0. The number of hydrogen-bond donors (Lipinski definition) is 2. The molecule has 7 heteroatoms. The van der Waals surface area contributed by atoms with Gasteiger partial charge in [0.2, 0.25) is 0 Å². The molecule has 1 atom stereocenters. The van der Waals surface area contributed by atoms with E-state index in [9.17, 15) is 0 Å². The van der Waals surface area contributed by atoms with Gasteiger partial charge in [0.25, 0.3) is 0 Å². The van der Waals surface area contributed by atoms with Crippen molar-refractivity contribution in [3.05, 3.63) is 0 Å². The normalized spacial score (nSPS) is 18.3.